The predicted octanol–water partition coefficient (Wildman–Crippen LogP) is 3.29. The minimum absolute atomic E-state index is 0.206. The second kappa shape index (κ2) is 5.45. The van der Waals surface area contributed by atoms with E-state index in [2.05, 4.69) is 26.2 Å². The SMILES string of the molecule is NNc1nc(Nc2ccc(F)c(Br)c2)c(F)cc1F. The van der Waals surface area contributed by atoms with Crippen LogP contribution < -0.4 is 16.6 Å². The number of hydrazine groups is 1. The Bertz CT molecular complexity index is 621. The van der Waals surface area contributed by atoms with Crippen molar-refractivity contribution < 1.29 is 13.2 Å². The van der Waals surface area contributed by atoms with Crippen LogP contribution in [0, 0.1) is 17.5 Å². The summed E-state index contributed by atoms with van der Waals surface area (Å²) in [6, 6.07) is 4.62. The van der Waals surface area contributed by atoms with Gasteiger partial charge in [-0.25, -0.2) is 24.0 Å². The number of nitrogens with one attached hydrogen (secondary N) is 2. The Morgan fingerprint density at radius 1 is 1.00 bits per heavy atom. The molecule has 0 aliphatic rings. The van der Waals surface area contributed by atoms with Crippen LogP contribution in [0.4, 0.5) is 30.5 Å². The van der Waals surface area contributed by atoms with E-state index in [1.807, 2.05) is 5.43 Å². The van der Waals surface area contributed by atoms with Gasteiger partial charge in [0.05, 0.1) is 4.47 Å². The molecule has 0 aliphatic heterocycles. The molecule has 0 spiro atoms. The second-order valence-corrected chi connectivity index (χ2v) is 4.40. The number of anilines is 3. The normalized spacial score (nSPS) is 10.4. The van der Waals surface area contributed by atoms with E-state index in [4.69, 9.17) is 5.84 Å². The van der Waals surface area contributed by atoms with Gasteiger partial charge in [-0.3, -0.25) is 0 Å². The molecule has 0 bridgehead atoms. The molecule has 0 amide bonds. The van der Waals surface area contributed by atoms with Gasteiger partial charge < -0.3 is 10.7 Å². The van der Waals surface area contributed by atoms with Crippen molar-refractivity contribution in [1.82, 2.24) is 4.98 Å². The highest BCUT2D eigenvalue weighted by molar-refractivity contribution is 9.10. The van der Waals surface area contributed by atoms with E-state index in [9.17, 15) is 13.2 Å². The van der Waals surface area contributed by atoms with E-state index in [1.54, 1.807) is 0 Å². The summed E-state index contributed by atoms with van der Waals surface area (Å²) in [6.07, 6.45) is 0. The van der Waals surface area contributed by atoms with Crippen LogP contribution in [0.5, 0.6) is 0 Å². The lowest BCUT2D eigenvalue weighted by Gasteiger charge is -2.09. The number of hydrogen-bond donors (Lipinski definition) is 3. The van der Waals surface area contributed by atoms with Crippen molar-refractivity contribution in [3.63, 3.8) is 0 Å². The fraction of sp³-hybridized carbons (Fsp3) is 0. The minimum atomic E-state index is -0.911. The Kier molecular flexibility index (Phi) is 3.91. The van der Waals surface area contributed by atoms with E-state index in [1.165, 1.54) is 18.2 Å². The highest BCUT2D eigenvalue weighted by Gasteiger charge is 2.12. The van der Waals surface area contributed by atoms with E-state index in [0.717, 1.165) is 0 Å². The van der Waals surface area contributed by atoms with Crippen molar-refractivity contribution >= 4 is 33.3 Å². The zero-order valence-electron chi connectivity index (χ0n) is 9.35. The van der Waals surface area contributed by atoms with Crippen LogP contribution in [-0.2, 0) is 0 Å². The molecule has 0 atom stereocenters. The zero-order valence-corrected chi connectivity index (χ0v) is 10.9. The number of nitrogen functional groups attached to an aromatic ring is 1. The maximum atomic E-state index is 13.5. The molecule has 2 aromatic rings. The summed E-state index contributed by atoms with van der Waals surface area (Å²) in [5, 5.41) is 2.60. The number of nitrogens with two attached hydrogens (primary N) is 1. The summed E-state index contributed by atoms with van der Waals surface area (Å²) in [7, 11) is 0. The maximum absolute atomic E-state index is 13.5. The van der Waals surface area contributed by atoms with Crippen LogP contribution in [0.3, 0.4) is 0 Å². The van der Waals surface area contributed by atoms with Crippen molar-refractivity contribution in [2.24, 2.45) is 5.84 Å². The highest BCUT2D eigenvalue weighted by atomic mass is 79.9. The summed E-state index contributed by atoms with van der Waals surface area (Å²) in [6.45, 7) is 0. The van der Waals surface area contributed by atoms with E-state index in [0.29, 0.717) is 11.8 Å². The van der Waals surface area contributed by atoms with Crippen molar-refractivity contribution in [3.8, 4) is 0 Å². The molecule has 2 rings (SSSR count). The molecule has 8 heteroatoms. The van der Waals surface area contributed by atoms with Gasteiger partial charge in [0.25, 0.3) is 0 Å². The molecule has 0 saturated heterocycles. The van der Waals surface area contributed by atoms with Crippen molar-refractivity contribution in [3.05, 3.63) is 46.2 Å². The Balaban J connectivity index is 2.34. The summed E-state index contributed by atoms with van der Waals surface area (Å²) >= 11 is 3.00. The van der Waals surface area contributed by atoms with Crippen LogP contribution in [0.15, 0.2) is 28.7 Å². The van der Waals surface area contributed by atoms with Gasteiger partial charge in [-0.05, 0) is 34.1 Å². The molecule has 0 saturated carbocycles. The summed E-state index contributed by atoms with van der Waals surface area (Å²) in [4.78, 5) is 3.63. The van der Waals surface area contributed by atoms with Crippen LogP contribution >= 0.6 is 15.9 Å². The summed E-state index contributed by atoms with van der Waals surface area (Å²) in [5.74, 6) is 2.26. The van der Waals surface area contributed by atoms with Gasteiger partial charge in [0, 0.05) is 11.8 Å². The quantitative estimate of drug-likeness (QED) is 0.596. The monoisotopic (exact) mass is 332 g/mol. The lowest BCUT2D eigenvalue weighted by molar-refractivity contribution is 0.579. The molecular formula is C11H8BrF3N4. The van der Waals surface area contributed by atoms with E-state index in [-0.39, 0.29) is 16.1 Å². The highest BCUT2D eigenvalue weighted by Crippen LogP contribution is 2.25. The molecule has 0 unspecified atom stereocenters. The Labute approximate surface area is 114 Å². The van der Waals surface area contributed by atoms with Crippen LogP contribution in [0.25, 0.3) is 0 Å². The zero-order chi connectivity index (χ0) is 14.0. The molecule has 0 radical (unpaired) electrons. The molecule has 100 valence electrons. The molecule has 1 heterocycles. The van der Waals surface area contributed by atoms with Gasteiger partial charge in [-0.2, -0.15) is 0 Å². The van der Waals surface area contributed by atoms with Gasteiger partial charge in [0.1, 0.15) is 5.82 Å². The number of benzene rings is 1. The standard InChI is InChI=1S/C11H8BrF3N4/c12-6-3-5(1-2-7(6)13)17-10-8(14)4-9(15)11(18-10)19-16/h1-4H,16H2,(H2,17,18,19). The number of nitrogens with zero attached hydrogens (tertiary/aromatic N) is 1. The molecule has 1 aromatic heterocycles. The van der Waals surface area contributed by atoms with Crippen molar-refractivity contribution in [2.45, 2.75) is 0 Å². The first-order valence-electron chi connectivity index (χ1n) is 5.06. The second-order valence-electron chi connectivity index (χ2n) is 3.55. The largest absolute Gasteiger partial charge is 0.338 e. The fourth-order valence-electron chi connectivity index (χ4n) is 1.37. The molecule has 0 fully saturated rings. The topological polar surface area (TPSA) is 63.0 Å². The summed E-state index contributed by atoms with van der Waals surface area (Å²) < 4.78 is 39.9. The van der Waals surface area contributed by atoms with E-state index >= 15 is 0 Å². The van der Waals surface area contributed by atoms with E-state index < -0.39 is 17.5 Å². The van der Waals surface area contributed by atoms with Gasteiger partial charge in [0.15, 0.2) is 23.3 Å². The molecule has 0 aliphatic carbocycles. The predicted molar refractivity (Wildman–Crippen MR) is 69.3 cm³/mol. The lowest BCUT2D eigenvalue weighted by atomic mass is 10.3. The molecular weight excluding hydrogens is 325 g/mol. The first-order valence-corrected chi connectivity index (χ1v) is 5.85. The minimum Gasteiger partial charge on any atom is -0.338 e. The third-order valence-corrected chi connectivity index (χ3v) is 2.86. The maximum Gasteiger partial charge on any atom is 0.178 e. The molecule has 19 heavy (non-hydrogen) atoms. The Morgan fingerprint density at radius 3 is 2.32 bits per heavy atom. The lowest BCUT2D eigenvalue weighted by Crippen LogP contribution is -2.12. The average molecular weight is 333 g/mol. The molecule has 4 N–H and O–H groups in total. The van der Waals surface area contributed by atoms with Crippen molar-refractivity contribution in [2.75, 3.05) is 10.7 Å². The third kappa shape index (κ3) is 2.96. The number of rotatable bonds is 3. The fourth-order valence-corrected chi connectivity index (χ4v) is 1.74. The number of aromatic nitrogens is 1. The van der Waals surface area contributed by atoms with Gasteiger partial charge in [0.2, 0.25) is 0 Å². The average Bonchev–Trinajstić information content (AvgIpc) is 2.37. The van der Waals surface area contributed by atoms with Crippen LogP contribution in [-0.4, -0.2) is 4.98 Å². The number of pyridine rings is 1. The number of halogens is 4. The van der Waals surface area contributed by atoms with Gasteiger partial charge in [-0.15, -0.1) is 0 Å². The first-order chi connectivity index (χ1) is 9.01. The smallest absolute Gasteiger partial charge is 0.178 e. The number of hydrogen-bond acceptors (Lipinski definition) is 4. The molecule has 1 aromatic carbocycles. The van der Waals surface area contributed by atoms with Crippen molar-refractivity contribution in [1.29, 1.82) is 0 Å². The molecule has 4 nitrogen and oxygen atoms in total. The summed E-state index contributed by atoms with van der Waals surface area (Å²) in [5.41, 5.74) is 2.39. The Hall–Kier alpha value is -1.80. The third-order valence-electron chi connectivity index (χ3n) is 2.25. The first kappa shape index (κ1) is 13.6. The van der Waals surface area contributed by atoms with Gasteiger partial charge in [-0.1, -0.05) is 0 Å². The van der Waals surface area contributed by atoms with Crippen LogP contribution in [0.1, 0.15) is 0 Å². The van der Waals surface area contributed by atoms with Crippen LogP contribution in [0.2, 0.25) is 0 Å². The van der Waals surface area contributed by atoms with Gasteiger partial charge >= 0.3 is 0 Å². The Morgan fingerprint density at radius 2 is 1.68 bits per heavy atom.